The predicted octanol–water partition coefficient (Wildman–Crippen LogP) is 5.99. The van der Waals surface area contributed by atoms with E-state index in [9.17, 15) is 0 Å². The summed E-state index contributed by atoms with van der Waals surface area (Å²) in [5, 5.41) is 10.5. The van der Waals surface area contributed by atoms with Crippen LogP contribution < -0.4 is 0 Å². The molecule has 1 N–H and O–H groups in total. The third-order valence-electron chi connectivity index (χ3n) is 3.64. The van der Waals surface area contributed by atoms with Crippen LogP contribution in [0.25, 0.3) is 16.3 Å². The van der Waals surface area contributed by atoms with E-state index in [0.717, 1.165) is 6.42 Å². The second kappa shape index (κ2) is 11.9. The average molecular weight is 400 g/mol. The Labute approximate surface area is 172 Å². The van der Waals surface area contributed by atoms with Crippen LogP contribution in [0.1, 0.15) is 39.7 Å². The molecule has 0 aliphatic heterocycles. The molecule has 4 heteroatoms. The molecule has 2 aromatic carbocycles. The summed E-state index contributed by atoms with van der Waals surface area (Å²) in [6, 6.07) is 16.3. The van der Waals surface area contributed by atoms with Crippen LogP contribution in [-0.2, 0) is 21.7 Å². The van der Waals surface area contributed by atoms with Gasteiger partial charge >= 0.3 is 0 Å². The minimum Gasteiger partial charge on any atom is -0.394 e. The minimum atomic E-state index is -0.167. The number of halogens is 2. The molecule has 0 bridgehead atoms. The van der Waals surface area contributed by atoms with E-state index >= 15 is 0 Å². The molecule has 0 fully saturated rings. The van der Waals surface area contributed by atoms with Crippen LogP contribution >= 0.6 is 24.8 Å². The maximum Gasteiger partial charge on any atom is 0.0483 e. The Hall–Kier alpha value is -0.566. The van der Waals surface area contributed by atoms with Gasteiger partial charge in [0.05, 0.1) is 0 Å². The van der Waals surface area contributed by atoms with Gasteiger partial charge in [0, 0.05) is 27.8 Å². The molecular formula is C20H25Cl2OTi-. The summed E-state index contributed by atoms with van der Waals surface area (Å²) in [6.45, 7) is 7.83. The fourth-order valence-electron chi connectivity index (χ4n) is 2.40. The number of aliphatic hydroxyl groups is 1. The number of rotatable bonds is 1. The van der Waals surface area contributed by atoms with E-state index in [1.165, 1.54) is 33.1 Å². The molecule has 0 amide bonds. The number of benzene rings is 2. The van der Waals surface area contributed by atoms with Crippen molar-refractivity contribution in [2.75, 3.05) is 0 Å². The van der Waals surface area contributed by atoms with Gasteiger partial charge < -0.3 is 5.11 Å². The third kappa shape index (κ3) is 6.74. The molecule has 1 aliphatic carbocycles. The molecule has 0 aromatic heterocycles. The fraction of sp³-hybridized carbons (Fsp3) is 0.300. The summed E-state index contributed by atoms with van der Waals surface area (Å²) in [6.07, 6.45) is 3.18. The van der Waals surface area contributed by atoms with Crippen LogP contribution in [0.4, 0.5) is 0 Å². The van der Waals surface area contributed by atoms with E-state index in [4.69, 9.17) is 5.11 Å². The maximum atomic E-state index is 8.06. The molecule has 0 saturated carbocycles. The van der Waals surface area contributed by atoms with Crippen LogP contribution in [0.5, 0.6) is 0 Å². The van der Waals surface area contributed by atoms with Crippen molar-refractivity contribution in [1.29, 1.82) is 0 Å². The average Bonchev–Trinajstić information content (AvgIpc) is 2.78. The molecule has 0 saturated heterocycles. The van der Waals surface area contributed by atoms with E-state index in [-0.39, 0.29) is 52.6 Å². The quantitative estimate of drug-likeness (QED) is 0.461. The number of aliphatic hydroxyl groups excluding tert-OH is 1. The Bertz CT molecular complexity index is 703. The van der Waals surface area contributed by atoms with Crippen LogP contribution in [0, 0.1) is 6.07 Å². The Morgan fingerprint density at radius 2 is 1.58 bits per heavy atom. The standard InChI is InChI=1S/C17H15.C3H8O.2ClH.Ti/c1-12-7-10-17(13(12)2)16-9-8-14-5-3-4-6-15(14)11-16;1-3(2)4;;;/h3-9H,10H2,1-2H3;3-4H,1-2H3;2*1H;/q-1;;;;. The Balaban J connectivity index is 0. The first-order chi connectivity index (χ1) is 9.99. The van der Waals surface area contributed by atoms with Gasteiger partial charge in [-0.1, -0.05) is 46.4 Å². The third-order valence-corrected chi connectivity index (χ3v) is 3.64. The molecule has 0 unspecified atom stereocenters. The van der Waals surface area contributed by atoms with Gasteiger partial charge in [-0.2, -0.15) is 0 Å². The Morgan fingerprint density at radius 3 is 2.12 bits per heavy atom. The monoisotopic (exact) mass is 399 g/mol. The van der Waals surface area contributed by atoms with Crippen LogP contribution in [-0.4, -0.2) is 11.2 Å². The van der Waals surface area contributed by atoms with Gasteiger partial charge in [-0.3, -0.25) is 0 Å². The van der Waals surface area contributed by atoms with Gasteiger partial charge in [-0.05, 0) is 34.1 Å². The second-order valence-corrected chi connectivity index (χ2v) is 5.75. The largest absolute Gasteiger partial charge is 0.394 e. The molecule has 1 nitrogen and oxygen atoms in total. The minimum absolute atomic E-state index is 0. The topological polar surface area (TPSA) is 20.2 Å². The van der Waals surface area contributed by atoms with E-state index in [1.807, 2.05) is 0 Å². The van der Waals surface area contributed by atoms with E-state index in [0.29, 0.717) is 0 Å². The molecule has 0 heterocycles. The molecule has 0 radical (unpaired) electrons. The summed E-state index contributed by atoms with van der Waals surface area (Å²) < 4.78 is 0. The summed E-state index contributed by atoms with van der Waals surface area (Å²) in [5.74, 6) is 0. The maximum absolute atomic E-state index is 8.06. The van der Waals surface area contributed by atoms with Crippen molar-refractivity contribution < 1.29 is 26.8 Å². The summed E-state index contributed by atoms with van der Waals surface area (Å²) >= 11 is 0. The van der Waals surface area contributed by atoms with Crippen LogP contribution in [0.2, 0.25) is 0 Å². The van der Waals surface area contributed by atoms with Crippen molar-refractivity contribution in [3.05, 3.63) is 65.3 Å². The van der Waals surface area contributed by atoms with Gasteiger partial charge in [0.15, 0.2) is 0 Å². The summed E-state index contributed by atoms with van der Waals surface area (Å²) in [7, 11) is 0. The zero-order chi connectivity index (χ0) is 15.4. The van der Waals surface area contributed by atoms with Crippen molar-refractivity contribution in [2.45, 2.75) is 40.2 Å². The van der Waals surface area contributed by atoms with Crippen molar-refractivity contribution in [1.82, 2.24) is 0 Å². The van der Waals surface area contributed by atoms with E-state index in [2.05, 4.69) is 62.4 Å². The van der Waals surface area contributed by atoms with Gasteiger partial charge in [0.25, 0.3) is 0 Å². The summed E-state index contributed by atoms with van der Waals surface area (Å²) in [4.78, 5) is 0. The van der Waals surface area contributed by atoms with Crippen molar-refractivity contribution in [3.63, 3.8) is 0 Å². The molecule has 0 atom stereocenters. The zero-order valence-corrected chi connectivity index (χ0v) is 17.8. The summed E-state index contributed by atoms with van der Waals surface area (Å²) in [5.41, 5.74) is 5.49. The Morgan fingerprint density at radius 1 is 1.00 bits per heavy atom. The number of fused-ring (bicyclic) bond motifs is 1. The van der Waals surface area contributed by atoms with E-state index < -0.39 is 0 Å². The fourth-order valence-corrected chi connectivity index (χ4v) is 2.40. The molecule has 130 valence electrons. The normalized spacial score (nSPS) is 12.5. The number of hydrogen-bond donors (Lipinski definition) is 1. The first-order valence-electron chi connectivity index (χ1n) is 7.45. The second-order valence-electron chi connectivity index (χ2n) is 5.75. The number of allylic oxidation sites excluding steroid dienone is 4. The van der Waals surface area contributed by atoms with Gasteiger partial charge in [-0.25, -0.2) is 0 Å². The predicted molar refractivity (Wildman–Crippen MR) is 106 cm³/mol. The molecular weight excluding hydrogens is 375 g/mol. The van der Waals surface area contributed by atoms with Gasteiger partial charge in [0.1, 0.15) is 0 Å². The van der Waals surface area contributed by atoms with E-state index in [1.54, 1.807) is 13.8 Å². The smallest absolute Gasteiger partial charge is 0.0483 e. The molecule has 24 heavy (non-hydrogen) atoms. The van der Waals surface area contributed by atoms with Gasteiger partial charge in [0.2, 0.25) is 0 Å². The van der Waals surface area contributed by atoms with Crippen molar-refractivity contribution >= 4 is 41.2 Å². The van der Waals surface area contributed by atoms with Crippen LogP contribution in [0.15, 0.2) is 53.6 Å². The van der Waals surface area contributed by atoms with Crippen LogP contribution in [0.3, 0.4) is 0 Å². The molecule has 0 spiro atoms. The van der Waals surface area contributed by atoms with Crippen molar-refractivity contribution in [3.8, 4) is 0 Å². The molecule has 3 rings (SSSR count). The zero-order valence-electron chi connectivity index (χ0n) is 14.6. The van der Waals surface area contributed by atoms with Crippen molar-refractivity contribution in [2.24, 2.45) is 0 Å². The first-order valence-corrected chi connectivity index (χ1v) is 7.45. The molecule has 1 aliphatic rings. The van der Waals surface area contributed by atoms with Gasteiger partial charge in [-0.15, -0.1) is 60.0 Å². The molecule has 2 aromatic rings. The SMILES string of the molecule is CC(C)O.CC1=CCC(c2[c-]c3ccccc3cc2)=C1C.Cl.Cl.[Ti]. The Kier molecular flexibility index (Phi) is 12.7. The number of hydrogen-bond acceptors (Lipinski definition) is 1. The first kappa shape index (κ1) is 25.7.